The maximum Gasteiger partial charge on any atom is 0.267 e. The summed E-state index contributed by atoms with van der Waals surface area (Å²) in [6, 6.07) is 14.0. The summed E-state index contributed by atoms with van der Waals surface area (Å²) in [5.74, 6) is 1.34. The molecule has 7 heteroatoms. The number of rotatable bonds is 8. The number of nitrogens with one attached hydrogen (secondary N) is 2. The number of hydrogen-bond donors (Lipinski definition) is 2. The Bertz CT molecular complexity index is 855. The molecule has 0 aliphatic heterocycles. The number of hydrogen-bond acceptors (Lipinski definition) is 6. The molecule has 0 bridgehead atoms. The molecule has 0 atom stereocenters. The Morgan fingerprint density at radius 3 is 2.41 bits per heavy atom. The average Bonchev–Trinajstić information content (AvgIpc) is 2.70. The van der Waals surface area contributed by atoms with Crippen molar-refractivity contribution < 1.29 is 19.0 Å². The van der Waals surface area contributed by atoms with Gasteiger partial charge in [0.05, 0.1) is 26.5 Å². The highest BCUT2D eigenvalue weighted by molar-refractivity contribution is 6.06. The van der Waals surface area contributed by atoms with Gasteiger partial charge in [-0.05, 0) is 43.3 Å². The average molecular weight is 367 g/mol. The lowest BCUT2D eigenvalue weighted by molar-refractivity contribution is -0.112. The van der Waals surface area contributed by atoms with Crippen LogP contribution in [0.4, 0.5) is 11.4 Å². The fourth-order valence-corrected chi connectivity index (χ4v) is 2.22. The number of anilines is 2. The summed E-state index contributed by atoms with van der Waals surface area (Å²) < 4.78 is 15.8. The summed E-state index contributed by atoms with van der Waals surface area (Å²) in [7, 11) is 3.08. The first-order chi connectivity index (χ1) is 13.1. The SMILES string of the molecule is CCOc1ccc(NC(=O)/C(C#N)=C\Nc2ccc(OC)cc2OC)cc1. The predicted molar refractivity (Wildman–Crippen MR) is 103 cm³/mol. The predicted octanol–water partition coefficient (Wildman–Crippen LogP) is 3.56. The third kappa shape index (κ3) is 5.41. The molecule has 0 aromatic heterocycles. The van der Waals surface area contributed by atoms with Crippen molar-refractivity contribution in [3.63, 3.8) is 0 Å². The van der Waals surface area contributed by atoms with Crippen LogP contribution in [-0.4, -0.2) is 26.7 Å². The molecule has 0 aliphatic rings. The van der Waals surface area contributed by atoms with Crippen LogP contribution in [0.25, 0.3) is 0 Å². The van der Waals surface area contributed by atoms with Gasteiger partial charge in [-0.25, -0.2) is 0 Å². The Hall–Kier alpha value is -3.66. The van der Waals surface area contributed by atoms with Crippen molar-refractivity contribution in [3.8, 4) is 23.3 Å². The van der Waals surface area contributed by atoms with Gasteiger partial charge >= 0.3 is 0 Å². The second kappa shape index (κ2) is 9.73. The zero-order chi connectivity index (χ0) is 19.6. The second-order valence-corrected chi connectivity index (χ2v) is 5.29. The Kier molecular flexibility index (Phi) is 7.08. The van der Waals surface area contributed by atoms with Crippen LogP contribution < -0.4 is 24.8 Å². The van der Waals surface area contributed by atoms with E-state index in [2.05, 4.69) is 10.6 Å². The normalized spacial score (nSPS) is 10.5. The highest BCUT2D eigenvalue weighted by Crippen LogP contribution is 2.29. The summed E-state index contributed by atoms with van der Waals surface area (Å²) >= 11 is 0. The molecule has 140 valence electrons. The molecule has 2 aromatic carbocycles. The van der Waals surface area contributed by atoms with E-state index in [4.69, 9.17) is 14.2 Å². The molecule has 0 spiro atoms. The van der Waals surface area contributed by atoms with Crippen LogP contribution in [0.1, 0.15) is 6.92 Å². The minimum atomic E-state index is -0.526. The lowest BCUT2D eigenvalue weighted by Crippen LogP contribution is -2.14. The highest BCUT2D eigenvalue weighted by Gasteiger charge is 2.10. The Morgan fingerprint density at radius 1 is 1.11 bits per heavy atom. The van der Waals surface area contributed by atoms with Crippen molar-refractivity contribution >= 4 is 17.3 Å². The molecule has 0 unspecified atom stereocenters. The molecule has 2 aromatic rings. The van der Waals surface area contributed by atoms with Gasteiger partial charge in [-0.3, -0.25) is 4.79 Å². The van der Waals surface area contributed by atoms with Crippen LogP contribution in [0.15, 0.2) is 54.2 Å². The molecule has 0 heterocycles. The van der Waals surface area contributed by atoms with Crippen molar-refractivity contribution in [1.29, 1.82) is 5.26 Å². The third-order valence-electron chi connectivity index (χ3n) is 3.57. The maximum absolute atomic E-state index is 12.3. The largest absolute Gasteiger partial charge is 0.497 e. The number of carbonyl (C=O) groups excluding carboxylic acids is 1. The lowest BCUT2D eigenvalue weighted by Gasteiger charge is -2.10. The zero-order valence-corrected chi connectivity index (χ0v) is 15.4. The Labute approximate surface area is 158 Å². The van der Waals surface area contributed by atoms with Crippen molar-refractivity contribution in [2.75, 3.05) is 31.5 Å². The van der Waals surface area contributed by atoms with Crippen LogP contribution in [-0.2, 0) is 4.79 Å². The van der Waals surface area contributed by atoms with E-state index in [1.54, 1.807) is 49.6 Å². The van der Waals surface area contributed by atoms with Crippen molar-refractivity contribution in [2.24, 2.45) is 0 Å². The summed E-state index contributed by atoms with van der Waals surface area (Å²) in [6.45, 7) is 2.46. The van der Waals surface area contributed by atoms with Gasteiger partial charge in [-0.1, -0.05) is 0 Å². The molecule has 0 radical (unpaired) electrons. The van der Waals surface area contributed by atoms with Gasteiger partial charge in [0.1, 0.15) is 28.9 Å². The molecule has 2 N–H and O–H groups in total. The molecular weight excluding hydrogens is 346 g/mol. The first-order valence-electron chi connectivity index (χ1n) is 8.24. The fraction of sp³-hybridized carbons (Fsp3) is 0.200. The molecule has 0 aliphatic carbocycles. The Morgan fingerprint density at radius 2 is 1.81 bits per heavy atom. The van der Waals surface area contributed by atoms with Gasteiger partial charge in [0, 0.05) is 18.0 Å². The van der Waals surface area contributed by atoms with Gasteiger partial charge in [0.25, 0.3) is 5.91 Å². The summed E-state index contributed by atoms with van der Waals surface area (Å²) in [5.41, 5.74) is 1.08. The van der Waals surface area contributed by atoms with Gasteiger partial charge in [-0.2, -0.15) is 5.26 Å². The first-order valence-corrected chi connectivity index (χ1v) is 8.24. The fourth-order valence-electron chi connectivity index (χ4n) is 2.22. The van der Waals surface area contributed by atoms with E-state index < -0.39 is 5.91 Å². The van der Waals surface area contributed by atoms with E-state index in [1.165, 1.54) is 13.3 Å². The van der Waals surface area contributed by atoms with Crippen LogP contribution in [0, 0.1) is 11.3 Å². The van der Waals surface area contributed by atoms with Crippen LogP contribution >= 0.6 is 0 Å². The van der Waals surface area contributed by atoms with Gasteiger partial charge < -0.3 is 24.8 Å². The highest BCUT2D eigenvalue weighted by atomic mass is 16.5. The molecule has 0 saturated heterocycles. The number of benzene rings is 2. The zero-order valence-electron chi connectivity index (χ0n) is 15.4. The number of ether oxygens (including phenoxy) is 3. The minimum Gasteiger partial charge on any atom is -0.497 e. The Balaban J connectivity index is 2.09. The van der Waals surface area contributed by atoms with E-state index >= 15 is 0 Å². The standard InChI is InChI=1S/C20H21N3O4/c1-4-27-16-7-5-15(6-8-16)23-20(24)14(12-21)13-22-18-10-9-17(25-2)11-19(18)26-3/h5-11,13,22H,4H2,1-3H3,(H,23,24)/b14-13-. The first kappa shape index (κ1) is 19.7. The van der Waals surface area contributed by atoms with Crippen molar-refractivity contribution in [2.45, 2.75) is 6.92 Å². The molecule has 27 heavy (non-hydrogen) atoms. The number of nitriles is 1. The molecular formula is C20H21N3O4. The molecule has 0 saturated carbocycles. The van der Waals surface area contributed by atoms with Crippen LogP contribution in [0.2, 0.25) is 0 Å². The van der Waals surface area contributed by atoms with E-state index in [0.717, 1.165) is 0 Å². The number of nitrogens with zero attached hydrogens (tertiary/aromatic N) is 1. The summed E-state index contributed by atoms with van der Waals surface area (Å²) in [5, 5.41) is 14.9. The summed E-state index contributed by atoms with van der Waals surface area (Å²) in [4.78, 5) is 12.3. The number of amides is 1. The van der Waals surface area contributed by atoms with E-state index in [9.17, 15) is 10.1 Å². The lowest BCUT2D eigenvalue weighted by atomic mass is 10.2. The van der Waals surface area contributed by atoms with Crippen molar-refractivity contribution in [3.05, 3.63) is 54.2 Å². The van der Waals surface area contributed by atoms with Crippen LogP contribution in [0.3, 0.4) is 0 Å². The number of carbonyl (C=O) groups is 1. The topological polar surface area (TPSA) is 92.6 Å². The third-order valence-corrected chi connectivity index (χ3v) is 3.57. The minimum absolute atomic E-state index is 0.0817. The molecule has 1 amide bonds. The molecule has 2 rings (SSSR count). The summed E-state index contributed by atoms with van der Waals surface area (Å²) in [6.07, 6.45) is 1.33. The monoisotopic (exact) mass is 367 g/mol. The van der Waals surface area contributed by atoms with E-state index in [1.807, 2.05) is 13.0 Å². The maximum atomic E-state index is 12.3. The van der Waals surface area contributed by atoms with Gasteiger partial charge in [-0.15, -0.1) is 0 Å². The van der Waals surface area contributed by atoms with Gasteiger partial charge in [0.2, 0.25) is 0 Å². The quantitative estimate of drug-likeness (QED) is 0.547. The smallest absolute Gasteiger partial charge is 0.267 e. The van der Waals surface area contributed by atoms with E-state index in [-0.39, 0.29) is 5.57 Å². The van der Waals surface area contributed by atoms with Crippen molar-refractivity contribution in [1.82, 2.24) is 0 Å². The van der Waals surface area contributed by atoms with Gasteiger partial charge in [0.15, 0.2) is 0 Å². The number of methoxy groups -OCH3 is 2. The molecule has 0 fully saturated rings. The van der Waals surface area contributed by atoms with E-state index in [0.29, 0.717) is 35.2 Å². The second-order valence-electron chi connectivity index (χ2n) is 5.29. The molecule has 7 nitrogen and oxygen atoms in total. The van der Waals surface area contributed by atoms with Crippen LogP contribution in [0.5, 0.6) is 17.2 Å².